The number of nitrogens with two attached hydrogens (primary N) is 2. The highest BCUT2D eigenvalue weighted by atomic mass is 15.0. The van der Waals surface area contributed by atoms with Crippen LogP contribution in [0.5, 0.6) is 0 Å². The summed E-state index contributed by atoms with van der Waals surface area (Å²) >= 11 is 0. The van der Waals surface area contributed by atoms with Crippen LogP contribution in [-0.2, 0) is 0 Å². The fourth-order valence-electron chi connectivity index (χ4n) is 2.78. The van der Waals surface area contributed by atoms with Crippen molar-refractivity contribution in [3.63, 3.8) is 0 Å². The molecule has 0 spiro atoms. The highest BCUT2D eigenvalue weighted by Gasteiger charge is 2.17. The summed E-state index contributed by atoms with van der Waals surface area (Å²) in [5.41, 5.74) is 16.7. The largest absolute Gasteiger partial charge is 0.398 e. The van der Waals surface area contributed by atoms with Gasteiger partial charge in [0.15, 0.2) is 0 Å². The van der Waals surface area contributed by atoms with Gasteiger partial charge in [0.05, 0.1) is 0 Å². The molecule has 3 rings (SSSR count). The van der Waals surface area contributed by atoms with Crippen LogP contribution < -0.4 is 22.1 Å². The highest BCUT2D eigenvalue weighted by molar-refractivity contribution is 5.67. The summed E-state index contributed by atoms with van der Waals surface area (Å²) in [6, 6.07) is 18.4. The molecule has 0 aromatic heterocycles. The van der Waals surface area contributed by atoms with E-state index in [0.717, 1.165) is 22.5 Å². The van der Waals surface area contributed by atoms with E-state index in [0.29, 0.717) is 17.6 Å². The Balaban J connectivity index is 0.000000941. The van der Waals surface area contributed by atoms with Crippen LogP contribution in [0.15, 0.2) is 79.1 Å². The van der Waals surface area contributed by atoms with Crippen molar-refractivity contribution in [2.24, 2.45) is 11.5 Å². The van der Waals surface area contributed by atoms with Crippen molar-refractivity contribution in [1.82, 2.24) is 5.32 Å². The minimum Gasteiger partial charge on any atom is -0.398 e. The van der Waals surface area contributed by atoms with Crippen molar-refractivity contribution in [3.05, 3.63) is 90.3 Å². The van der Waals surface area contributed by atoms with Crippen LogP contribution in [0.25, 0.3) is 11.4 Å². The van der Waals surface area contributed by atoms with E-state index in [1.54, 1.807) is 12.2 Å². The first-order chi connectivity index (χ1) is 14.0. The van der Waals surface area contributed by atoms with Crippen molar-refractivity contribution in [1.29, 1.82) is 0 Å². The Morgan fingerprint density at radius 3 is 2.28 bits per heavy atom. The van der Waals surface area contributed by atoms with Crippen molar-refractivity contribution < 1.29 is 0 Å². The van der Waals surface area contributed by atoms with Gasteiger partial charge >= 0.3 is 0 Å². The van der Waals surface area contributed by atoms with Gasteiger partial charge in [-0.25, -0.2) is 0 Å². The quantitative estimate of drug-likeness (QED) is 0.476. The summed E-state index contributed by atoms with van der Waals surface area (Å²) in [6.45, 7) is 8.40. The number of hydrogen-bond donors (Lipinski definition) is 4. The summed E-state index contributed by atoms with van der Waals surface area (Å²) in [4.78, 5) is 0. The lowest BCUT2D eigenvalue weighted by molar-refractivity contribution is 0.378. The summed E-state index contributed by atoms with van der Waals surface area (Å²) in [7, 11) is 0. The summed E-state index contributed by atoms with van der Waals surface area (Å²) in [6.07, 6.45) is 8.58. The Hall–Kier alpha value is -3.14. The predicted molar refractivity (Wildman–Crippen MR) is 127 cm³/mol. The van der Waals surface area contributed by atoms with Crippen LogP contribution in [0.4, 0.5) is 5.69 Å². The molecule has 1 saturated carbocycles. The van der Waals surface area contributed by atoms with Crippen LogP contribution in [0.3, 0.4) is 0 Å². The maximum atomic E-state index is 6.08. The predicted octanol–water partition coefficient (Wildman–Crippen LogP) is 5.43. The van der Waals surface area contributed by atoms with Gasteiger partial charge in [-0.1, -0.05) is 69.3 Å². The fraction of sp³-hybridized carbons (Fsp3) is 0.280. The normalized spacial score (nSPS) is 14.3. The number of rotatable bonds is 7. The third-order valence-corrected chi connectivity index (χ3v) is 4.53. The monoisotopic (exact) mass is 390 g/mol. The molecule has 2 aromatic carbocycles. The number of nitrogens with one attached hydrogen (secondary N) is 2. The minimum absolute atomic E-state index is 0.526. The third-order valence-electron chi connectivity index (χ3n) is 4.53. The molecular weight excluding hydrogens is 356 g/mol. The molecule has 0 amide bonds. The first kappa shape index (κ1) is 22.2. The molecule has 29 heavy (non-hydrogen) atoms. The zero-order valence-electron chi connectivity index (χ0n) is 17.6. The lowest BCUT2D eigenvalue weighted by atomic mass is 9.92. The minimum atomic E-state index is 0.526. The van der Waals surface area contributed by atoms with Gasteiger partial charge in [-0.3, -0.25) is 0 Å². The van der Waals surface area contributed by atoms with Crippen LogP contribution in [0.2, 0.25) is 0 Å². The second-order valence-corrected chi connectivity index (χ2v) is 7.27. The Bertz CT molecular complexity index is 833. The molecule has 4 heteroatoms. The van der Waals surface area contributed by atoms with Gasteiger partial charge in [0, 0.05) is 23.1 Å². The molecule has 2 aromatic rings. The molecule has 0 saturated heterocycles. The smallest absolute Gasteiger partial charge is 0.101 e. The third kappa shape index (κ3) is 7.41. The Morgan fingerprint density at radius 1 is 1.00 bits per heavy atom. The van der Waals surface area contributed by atoms with Crippen molar-refractivity contribution in [3.8, 4) is 0 Å². The highest BCUT2D eigenvalue weighted by Crippen LogP contribution is 2.23. The summed E-state index contributed by atoms with van der Waals surface area (Å²) in [5.74, 6) is 0.526. The van der Waals surface area contributed by atoms with E-state index in [9.17, 15) is 0 Å². The van der Waals surface area contributed by atoms with Gasteiger partial charge in [0.2, 0.25) is 0 Å². The Labute approximate surface area is 175 Å². The summed E-state index contributed by atoms with van der Waals surface area (Å²) < 4.78 is 0. The Morgan fingerprint density at radius 2 is 1.66 bits per heavy atom. The molecule has 0 aliphatic heterocycles. The average Bonchev–Trinajstić information content (AvgIpc) is 2.70. The number of hydrogen-bond acceptors (Lipinski definition) is 4. The zero-order valence-corrected chi connectivity index (χ0v) is 17.6. The molecule has 0 unspecified atom stereocenters. The standard InChI is InChI=1S/C22H26N4.C3H8/c1-16(25-19-10-6-11-19)18-9-5-12-20(15-18)26-22(24)14-13-21(23)17-7-3-2-4-8-17;1-3-2/h2-5,7-9,12-15,19,25-26H,1,6,10-11,23-24H2;3H2,1-2H3/b21-13-,22-14+;. The van der Waals surface area contributed by atoms with Gasteiger partial charge < -0.3 is 22.1 Å². The van der Waals surface area contributed by atoms with Crippen molar-refractivity contribution in [2.45, 2.75) is 45.6 Å². The van der Waals surface area contributed by atoms with Crippen molar-refractivity contribution in [2.75, 3.05) is 5.32 Å². The van der Waals surface area contributed by atoms with Crippen LogP contribution in [0.1, 0.15) is 50.7 Å². The molecule has 1 aliphatic rings. The molecule has 154 valence electrons. The zero-order chi connectivity index (χ0) is 21.1. The van der Waals surface area contributed by atoms with Gasteiger partial charge in [-0.15, -0.1) is 0 Å². The van der Waals surface area contributed by atoms with Crippen LogP contribution in [-0.4, -0.2) is 6.04 Å². The molecule has 0 bridgehead atoms. The fourth-order valence-corrected chi connectivity index (χ4v) is 2.78. The van der Waals surface area contributed by atoms with Gasteiger partial charge in [-0.05, 0) is 54.7 Å². The molecule has 0 heterocycles. The molecule has 0 atom stereocenters. The van der Waals surface area contributed by atoms with E-state index < -0.39 is 0 Å². The number of allylic oxidation sites excluding steroid dienone is 2. The van der Waals surface area contributed by atoms with E-state index in [2.05, 4.69) is 31.1 Å². The lowest BCUT2D eigenvalue weighted by Crippen LogP contribution is -2.33. The van der Waals surface area contributed by atoms with E-state index in [1.165, 1.54) is 25.7 Å². The van der Waals surface area contributed by atoms with Gasteiger partial charge in [-0.2, -0.15) is 0 Å². The number of benzene rings is 2. The maximum Gasteiger partial charge on any atom is 0.101 e. The van der Waals surface area contributed by atoms with Gasteiger partial charge in [0.1, 0.15) is 5.82 Å². The lowest BCUT2D eigenvalue weighted by Gasteiger charge is -2.28. The SMILES string of the molecule is C=C(NC1CCC1)c1cccc(N/C(N)=C/C=C(\N)c2ccccc2)c1.CCC. The van der Waals surface area contributed by atoms with E-state index in [4.69, 9.17) is 11.5 Å². The van der Waals surface area contributed by atoms with E-state index >= 15 is 0 Å². The second-order valence-electron chi connectivity index (χ2n) is 7.27. The van der Waals surface area contributed by atoms with Gasteiger partial charge in [0.25, 0.3) is 0 Å². The van der Waals surface area contributed by atoms with Crippen LogP contribution in [0, 0.1) is 0 Å². The van der Waals surface area contributed by atoms with Crippen molar-refractivity contribution >= 4 is 17.1 Å². The molecule has 1 aliphatic carbocycles. The Kier molecular flexibility index (Phi) is 8.90. The first-order valence-corrected chi connectivity index (χ1v) is 10.3. The topological polar surface area (TPSA) is 76.1 Å². The summed E-state index contributed by atoms with van der Waals surface area (Å²) in [5, 5.41) is 6.67. The maximum absolute atomic E-state index is 6.08. The molecule has 4 nitrogen and oxygen atoms in total. The molecule has 6 N–H and O–H groups in total. The molecular formula is C25H34N4. The molecule has 0 radical (unpaired) electrons. The number of anilines is 1. The second kappa shape index (κ2) is 11.6. The van der Waals surface area contributed by atoms with E-state index in [-0.39, 0.29) is 0 Å². The first-order valence-electron chi connectivity index (χ1n) is 10.3. The molecule has 1 fully saturated rings. The average molecular weight is 391 g/mol. The van der Waals surface area contributed by atoms with E-state index in [1.807, 2.05) is 54.6 Å². The van der Waals surface area contributed by atoms with Crippen LogP contribution >= 0.6 is 0 Å².